The third-order valence-electron chi connectivity index (χ3n) is 5.54. The number of nitriles is 2. The Morgan fingerprint density at radius 1 is 1.21 bits per heavy atom. The van der Waals surface area contributed by atoms with Gasteiger partial charge >= 0.3 is 5.97 Å². The van der Waals surface area contributed by atoms with Crippen LogP contribution < -0.4 is 15.5 Å². The molecule has 8 heteroatoms. The number of allylic oxidation sites excluding steroid dienone is 1. The first-order chi connectivity index (χ1) is 13.8. The molecule has 0 spiro atoms. The van der Waals surface area contributed by atoms with Crippen molar-refractivity contribution in [3.63, 3.8) is 0 Å². The van der Waals surface area contributed by atoms with E-state index in [1.165, 1.54) is 0 Å². The lowest BCUT2D eigenvalue weighted by Crippen LogP contribution is -2.75. The highest BCUT2D eigenvalue weighted by atomic mass is 16.5. The van der Waals surface area contributed by atoms with E-state index in [0.29, 0.717) is 0 Å². The summed E-state index contributed by atoms with van der Waals surface area (Å²) in [6.45, 7) is 3.61. The molecule has 0 aliphatic carbocycles. The second-order valence-electron chi connectivity index (χ2n) is 7.55. The Bertz CT molecular complexity index is 938. The fraction of sp³-hybridized carbons (Fsp3) is 0.429. The summed E-state index contributed by atoms with van der Waals surface area (Å²) in [5.74, 6) is -2.93. The van der Waals surface area contributed by atoms with Crippen LogP contribution in [0.15, 0.2) is 35.5 Å². The molecule has 1 amide bonds. The number of anilines is 1. The highest BCUT2D eigenvalue weighted by Crippen LogP contribution is 2.49. The van der Waals surface area contributed by atoms with Gasteiger partial charge in [0.05, 0.1) is 18.2 Å². The molecule has 1 aromatic carbocycles. The molecule has 3 saturated heterocycles. The smallest absolute Gasteiger partial charge is 0.313 e. The number of carbonyl (C=O) groups excluding carboxylic acids is 2. The van der Waals surface area contributed by atoms with Gasteiger partial charge in [0.1, 0.15) is 29.3 Å². The van der Waals surface area contributed by atoms with Gasteiger partial charge in [-0.3, -0.25) is 9.59 Å². The molecule has 0 aromatic heterocycles. The molecule has 150 valence electrons. The minimum absolute atomic E-state index is 0.159. The van der Waals surface area contributed by atoms with E-state index in [0.717, 1.165) is 11.3 Å². The Hall–Kier alpha value is -3.52. The van der Waals surface area contributed by atoms with E-state index in [-0.39, 0.29) is 23.8 Å². The van der Waals surface area contributed by atoms with Gasteiger partial charge in [0, 0.05) is 25.7 Å². The molecular formula is C21H23N5O3. The zero-order valence-electron chi connectivity index (χ0n) is 16.8. The molecule has 8 nitrogen and oxygen atoms in total. The van der Waals surface area contributed by atoms with E-state index < -0.39 is 29.4 Å². The van der Waals surface area contributed by atoms with Gasteiger partial charge < -0.3 is 20.3 Å². The first-order valence-electron chi connectivity index (χ1n) is 9.35. The van der Waals surface area contributed by atoms with Crippen LogP contribution in [0.2, 0.25) is 0 Å². The van der Waals surface area contributed by atoms with Crippen LogP contribution in [0.1, 0.15) is 25.3 Å². The summed E-state index contributed by atoms with van der Waals surface area (Å²) in [4.78, 5) is 27.8. The lowest BCUT2D eigenvalue weighted by Gasteiger charge is -2.55. The van der Waals surface area contributed by atoms with Gasteiger partial charge in [0.2, 0.25) is 5.91 Å². The summed E-state index contributed by atoms with van der Waals surface area (Å²) < 4.78 is 5.31. The van der Waals surface area contributed by atoms with Crippen LogP contribution in [0, 0.1) is 34.5 Å². The zero-order chi connectivity index (χ0) is 21.3. The monoisotopic (exact) mass is 393 g/mol. The number of hydrogen-bond acceptors (Lipinski definition) is 7. The molecule has 0 radical (unpaired) electrons. The Labute approximate surface area is 169 Å². The summed E-state index contributed by atoms with van der Waals surface area (Å²) in [5.41, 5.74) is 0.657. The number of benzene rings is 1. The topological polar surface area (TPSA) is 118 Å². The number of amides is 1. The van der Waals surface area contributed by atoms with Crippen molar-refractivity contribution in [2.24, 2.45) is 11.8 Å². The fourth-order valence-corrected chi connectivity index (χ4v) is 4.26. The minimum Gasteiger partial charge on any atom is -0.466 e. The van der Waals surface area contributed by atoms with Crippen LogP contribution in [-0.2, 0) is 14.3 Å². The Morgan fingerprint density at radius 3 is 2.34 bits per heavy atom. The molecule has 4 atom stereocenters. The normalized spacial score (nSPS) is 27.2. The third kappa shape index (κ3) is 3.27. The molecule has 0 saturated carbocycles. The summed E-state index contributed by atoms with van der Waals surface area (Å²) in [5, 5.41) is 24.7. The molecule has 29 heavy (non-hydrogen) atoms. The molecule has 3 heterocycles. The minimum atomic E-state index is -1.18. The van der Waals surface area contributed by atoms with Gasteiger partial charge in [-0.1, -0.05) is 12.1 Å². The number of carbonyl (C=O) groups is 2. The molecular weight excluding hydrogens is 370 g/mol. The first-order valence-corrected chi connectivity index (χ1v) is 9.35. The number of esters is 1. The van der Waals surface area contributed by atoms with E-state index >= 15 is 0 Å². The maximum absolute atomic E-state index is 12.9. The third-order valence-corrected chi connectivity index (χ3v) is 5.54. The number of rotatable bonds is 4. The average molecular weight is 393 g/mol. The van der Waals surface area contributed by atoms with Crippen molar-refractivity contribution in [3.05, 3.63) is 41.1 Å². The number of hydrogen-bond donors (Lipinski definition) is 2. The number of fused-ring (bicyclic) bond motifs is 3. The average Bonchev–Trinajstić information content (AvgIpc) is 2.67. The summed E-state index contributed by atoms with van der Waals surface area (Å²) in [6, 6.07) is 11.3. The molecule has 2 bridgehead atoms. The van der Waals surface area contributed by atoms with Gasteiger partial charge in [-0.25, -0.2) is 0 Å². The molecule has 3 fully saturated rings. The van der Waals surface area contributed by atoms with E-state index in [2.05, 4.69) is 10.6 Å². The lowest BCUT2D eigenvalue weighted by molar-refractivity contribution is -0.160. The van der Waals surface area contributed by atoms with Crippen molar-refractivity contribution in [2.75, 3.05) is 25.6 Å². The second kappa shape index (κ2) is 7.48. The van der Waals surface area contributed by atoms with Crippen molar-refractivity contribution < 1.29 is 14.3 Å². The Balaban J connectivity index is 2.20. The van der Waals surface area contributed by atoms with Crippen LogP contribution in [0.3, 0.4) is 0 Å². The van der Waals surface area contributed by atoms with Crippen molar-refractivity contribution in [2.45, 2.75) is 25.4 Å². The Kier molecular flexibility index (Phi) is 5.21. The largest absolute Gasteiger partial charge is 0.466 e. The summed E-state index contributed by atoms with van der Waals surface area (Å²) in [7, 11) is 3.84. The second-order valence-corrected chi connectivity index (χ2v) is 7.55. The van der Waals surface area contributed by atoms with Gasteiger partial charge in [-0.15, -0.1) is 0 Å². The van der Waals surface area contributed by atoms with Gasteiger partial charge in [-0.2, -0.15) is 10.5 Å². The maximum atomic E-state index is 12.9. The summed E-state index contributed by atoms with van der Waals surface area (Å²) in [6.07, 6.45) is 0. The van der Waals surface area contributed by atoms with Crippen molar-refractivity contribution >= 4 is 17.6 Å². The number of piperidine rings is 2. The van der Waals surface area contributed by atoms with E-state index in [1.54, 1.807) is 13.8 Å². The predicted octanol–water partition coefficient (Wildman–Crippen LogP) is 1.38. The molecule has 4 rings (SSSR count). The van der Waals surface area contributed by atoms with Crippen LogP contribution >= 0.6 is 0 Å². The first kappa shape index (κ1) is 20.2. The standard InChI is InChI=1S/C21H23N5O3/c1-5-29-20(28)17-15(12-6-8-14(9-7-12)26(3)4)16-18(13(10-22)11-23)24-21(17,2)25-19(16)27/h6-9,15-17,24H,5H2,1-4H3,(H,25,27)/t15-,16-,17+,21-/m1/s1. The molecule has 0 unspecified atom stereocenters. The molecule has 3 aliphatic heterocycles. The van der Waals surface area contributed by atoms with Crippen molar-refractivity contribution in [3.8, 4) is 12.1 Å². The predicted molar refractivity (Wildman–Crippen MR) is 105 cm³/mol. The zero-order valence-corrected chi connectivity index (χ0v) is 16.8. The highest BCUT2D eigenvalue weighted by molar-refractivity contribution is 5.91. The van der Waals surface area contributed by atoms with Gasteiger partial charge in [0.25, 0.3) is 0 Å². The van der Waals surface area contributed by atoms with E-state index in [1.807, 2.05) is 55.4 Å². The SMILES string of the molecule is CCOC(=O)[C@@H]1[C@H](c2ccc(N(C)C)cc2)[C@H]2C(=O)N[C@@]1(C)NC2=C(C#N)C#N. The van der Waals surface area contributed by atoms with Gasteiger partial charge in [-0.05, 0) is 31.5 Å². The molecule has 1 aromatic rings. The fourth-order valence-electron chi connectivity index (χ4n) is 4.26. The maximum Gasteiger partial charge on any atom is 0.313 e. The van der Waals surface area contributed by atoms with Crippen LogP contribution in [0.5, 0.6) is 0 Å². The number of nitrogens with one attached hydrogen (secondary N) is 2. The van der Waals surface area contributed by atoms with Crippen molar-refractivity contribution in [1.82, 2.24) is 10.6 Å². The lowest BCUT2D eigenvalue weighted by atomic mass is 9.63. The van der Waals surface area contributed by atoms with E-state index in [4.69, 9.17) is 4.74 Å². The highest BCUT2D eigenvalue weighted by Gasteiger charge is 2.61. The summed E-state index contributed by atoms with van der Waals surface area (Å²) >= 11 is 0. The Morgan fingerprint density at radius 2 is 1.83 bits per heavy atom. The van der Waals surface area contributed by atoms with Crippen molar-refractivity contribution in [1.29, 1.82) is 10.5 Å². The van der Waals surface area contributed by atoms with Crippen LogP contribution in [-0.4, -0.2) is 38.2 Å². The molecule has 2 N–H and O–H groups in total. The quantitative estimate of drug-likeness (QED) is 0.586. The van der Waals surface area contributed by atoms with Crippen LogP contribution in [0.25, 0.3) is 0 Å². The van der Waals surface area contributed by atoms with Crippen LogP contribution in [0.4, 0.5) is 5.69 Å². The molecule has 3 aliphatic rings. The number of nitrogens with zero attached hydrogens (tertiary/aromatic N) is 3. The van der Waals surface area contributed by atoms with E-state index in [9.17, 15) is 20.1 Å². The van der Waals surface area contributed by atoms with Gasteiger partial charge in [0.15, 0.2) is 0 Å². The number of ether oxygens (including phenoxy) is 1.